The van der Waals surface area contributed by atoms with Gasteiger partial charge in [-0.25, -0.2) is 18.7 Å². The Morgan fingerprint density at radius 2 is 1.79 bits per heavy atom. The Bertz CT molecular complexity index is 1580. The average Bonchev–Trinajstić information content (AvgIpc) is 2.93. The molecule has 1 aromatic heterocycles. The van der Waals surface area contributed by atoms with Gasteiger partial charge in [0.25, 0.3) is 0 Å². The lowest BCUT2D eigenvalue weighted by Gasteiger charge is -2.16. The van der Waals surface area contributed by atoms with Crippen molar-refractivity contribution in [2.24, 2.45) is 0 Å². The average molecular weight is 548 g/mol. The molecule has 8 nitrogen and oxygen atoms in total. The first-order valence-electron chi connectivity index (χ1n) is 11.6. The third-order valence-corrected chi connectivity index (χ3v) is 6.39. The van der Waals surface area contributed by atoms with E-state index in [9.17, 15) is 9.18 Å². The molecular weight excluding hydrogens is 524 g/mol. The number of halogens is 2. The van der Waals surface area contributed by atoms with E-state index in [-0.39, 0.29) is 22.5 Å². The van der Waals surface area contributed by atoms with E-state index in [2.05, 4.69) is 20.6 Å². The van der Waals surface area contributed by atoms with Crippen molar-refractivity contribution in [3.8, 4) is 17.6 Å². The molecule has 0 saturated heterocycles. The van der Waals surface area contributed by atoms with Crippen LogP contribution in [0.25, 0.3) is 17.0 Å². The molecule has 39 heavy (non-hydrogen) atoms. The molecule has 0 bridgehead atoms. The number of nitriles is 1. The van der Waals surface area contributed by atoms with E-state index >= 15 is 4.39 Å². The number of carbonyl (C=O) groups excluding carboxylic acids is 1. The number of aromatic nitrogens is 2. The predicted octanol–water partition coefficient (Wildman–Crippen LogP) is 6.24. The molecule has 0 radical (unpaired) electrons. The zero-order chi connectivity index (χ0) is 27.9. The zero-order valence-electron chi connectivity index (χ0n) is 21.2. The Kier molecular flexibility index (Phi) is 8.58. The van der Waals surface area contributed by atoms with E-state index in [4.69, 9.17) is 14.7 Å². The van der Waals surface area contributed by atoms with Crippen molar-refractivity contribution in [2.45, 2.75) is 12.1 Å². The van der Waals surface area contributed by atoms with Crippen LogP contribution in [-0.2, 0) is 4.79 Å². The first-order valence-corrected chi connectivity index (χ1v) is 12.5. The highest BCUT2D eigenvalue weighted by Gasteiger charge is 2.17. The molecule has 0 aliphatic heterocycles. The number of thioether (sulfide) groups is 1. The zero-order valence-corrected chi connectivity index (χ0v) is 22.0. The molecule has 0 aliphatic carbocycles. The number of carbonyl (C=O) groups is 1. The maximum Gasteiger partial charge on any atom is 0.234 e. The van der Waals surface area contributed by atoms with Crippen LogP contribution >= 0.6 is 11.8 Å². The fourth-order valence-electron chi connectivity index (χ4n) is 3.73. The quantitative estimate of drug-likeness (QED) is 0.144. The summed E-state index contributed by atoms with van der Waals surface area (Å²) in [4.78, 5) is 21.6. The van der Waals surface area contributed by atoms with Crippen LogP contribution in [0.5, 0.6) is 11.5 Å². The van der Waals surface area contributed by atoms with Crippen LogP contribution in [0.3, 0.4) is 0 Å². The van der Waals surface area contributed by atoms with Gasteiger partial charge < -0.3 is 20.1 Å². The Morgan fingerprint density at radius 3 is 2.46 bits per heavy atom. The van der Waals surface area contributed by atoms with E-state index in [0.29, 0.717) is 45.0 Å². The Morgan fingerprint density at radius 1 is 1.08 bits per heavy atom. The summed E-state index contributed by atoms with van der Waals surface area (Å²) in [6, 6.07) is 13.7. The number of allylic oxidation sites excluding steroid dienone is 1. The van der Waals surface area contributed by atoms with Gasteiger partial charge in [-0.15, -0.1) is 0 Å². The van der Waals surface area contributed by atoms with Gasteiger partial charge in [-0.2, -0.15) is 5.26 Å². The van der Waals surface area contributed by atoms with Crippen molar-refractivity contribution in [1.82, 2.24) is 9.97 Å². The number of nitrogens with one attached hydrogen (secondary N) is 2. The molecule has 0 spiro atoms. The molecule has 1 heterocycles. The molecular formula is C28H23F2N5O3S. The topological polar surface area (TPSA) is 109 Å². The van der Waals surface area contributed by atoms with E-state index in [0.717, 1.165) is 11.8 Å². The van der Waals surface area contributed by atoms with Crippen molar-refractivity contribution in [2.75, 3.05) is 30.6 Å². The van der Waals surface area contributed by atoms with Crippen LogP contribution in [0.1, 0.15) is 11.1 Å². The molecule has 198 valence electrons. The first-order chi connectivity index (χ1) is 18.8. The van der Waals surface area contributed by atoms with Crippen LogP contribution in [0.15, 0.2) is 59.8 Å². The normalized spacial score (nSPS) is 10.9. The predicted molar refractivity (Wildman–Crippen MR) is 147 cm³/mol. The van der Waals surface area contributed by atoms with Gasteiger partial charge in [-0.1, -0.05) is 11.8 Å². The molecule has 0 saturated carbocycles. The Labute approximate surface area is 227 Å². The minimum absolute atomic E-state index is 0.0249. The summed E-state index contributed by atoms with van der Waals surface area (Å²) in [7, 11) is 3.00. The fraction of sp³-hybridized carbons (Fsp3) is 0.143. The number of rotatable bonds is 9. The number of hydrogen-bond acceptors (Lipinski definition) is 8. The summed E-state index contributed by atoms with van der Waals surface area (Å²) in [5.41, 5.74) is 2.27. The SMILES string of the molecule is COc1cc2nc(SCC(=O)Nc3ccc(F)cc3)nc(Nc3c(C)cc(/C=C/C#N)cc3F)c2cc1OC. The number of nitrogens with zero attached hydrogens (tertiary/aromatic N) is 3. The summed E-state index contributed by atoms with van der Waals surface area (Å²) < 4.78 is 39.1. The van der Waals surface area contributed by atoms with Gasteiger partial charge in [0.1, 0.15) is 17.5 Å². The molecule has 0 aliphatic rings. The van der Waals surface area contributed by atoms with Gasteiger partial charge >= 0.3 is 0 Å². The van der Waals surface area contributed by atoms with Gasteiger partial charge in [0.2, 0.25) is 5.91 Å². The molecule has 0 unspecified atom stereocenters. The van der Waals surface area contributed by atoms with Gasteiger partial charge in [0, 0.05) is 23.2 Å². The van der Waals surface area contributed by atoms with Crippen LogP contribution < -0.4 is 20.1 Å². The molecule has 11 heteroatoms. The molecule has 4 rings (SSSR count). The second-order valence-corrected chi connectivity index (χ2v) is 9.15. The van der Waals surface area contributed by atoms with Crippen LogP contribution in [0.4, 0.5) is 26.0 Å². The first kappa shape index (κ1) is 27.3. The lowest BCUT2D eigenvalue weighted by Crippen LogP contribution is -2.14. The monoisotopic (exact) mass is 547 g/mol. The minimum atomic E-state index is -0.535. The van der Waals surface area contributed by atoms with Crippen molar-refractivity contribution in [3.63, 3.8) is 0 Å². The van der Waals surface area contributed by atoms with Crippen molar-refractivity contribution in [3.05, 3.63) is 77.4 Å². The van der Waals surface area contributed by atoms with Crippen LogP contribution in [0, 0.1) is 29.9 Å². The number of fused-ring (bicyclic) bond motifs is 1. The molecule has 2 N–H and O–H groups in total. The van der Waals surface area contributed by atoms with Crippen molar-refractivity contribution < 1.29 is 23.0 Å². The lowest BCUT2D eigenvalue weighted by molar-refractivity contribution is -0.113. The van der Waals surface area contributed by atoms with Gasteiger partial charge in [-0.3, -0.25) is 4.79 Å². The summed E-state index contributed by atoms with van der Waals surface area (Å²) in [5.74, 6) is -0.125. The number of amides is 1. The lowest BCUT2D eigenvalue weighted by atomic mass is 10.1. The number of anilines is 3. The number of hydrogen-bond donors (Lipinski definition) is 2. The minimum Gasteiger partial charge on any atom is -0.493 e. The third kappa shape index (κ3) is 6.61. The van der Waals surface area contributed by atoms with Gasteiger partial charge in [0.05, 0.1) is 37.2 Å². The Hall–Kier alpha value is -4.69. The maximum atomic E-state index is 15.1. The fourth-order valence-corrected chi connectivity index (χ4v) is 4.38. The number of ether oxygens (including phenoxy) is 2. The summed E-state index contributed by atoms with van der Waals surface area (Å²) in [6.45, 7) is 1.73. The molecule has 0 fully saturated rings. The summed E-state index contributed by atoms with van der Waals surface area (Å²) >= 11 is 1.08. The number of benzene rings is 3. The number of aryl methyl sites for hydroxylation is 1. The summed E-state index contributed by atoms with van der Waals surface area (Å²) in [5, 5.41) is 15.3. The largest absolute Gasteiger partial charge is 0.493 e. The van der Waals surface area contributed by atoms with E-state index in [1.165, 1.54) is 56.7 Å². The van der Waals surface area contributed by atoms with E-state index < -0.39 is 11.6 Å². The molecule has 3 aromatic carbocycles. The molecule has 1 amide bonds. The third-order valence-electron chi connectivity index (χ3n) is 5.54. The smallest absolute Gasteiger partial charge is 0.234 e. The molecule has 0 atom stereocenters. The van der Waals surface area contributed by atoms with E-state index in [1.807, 2.05) is 6.07 Å². The second kappa shape index (κ2) is 12.2. The highest BCUT2D eigenvalue weighted by molar-refractivity contribution is 7.99. The standard InChI is InChI=1S/C28H23F2N5O3S/c1-16-11-17(5-4-10-31)12-21(30)26(16)34-27-20-13-23(37-2)24(38-3)14-22(20)33-28(35-27)39-15-25(36)32-19-8-6-18(29)7-9-19/h4-9,11-14H,15H2,1-3H3,(H,32,36)(H,33,34,35)/b5-4+. The van der Waals surface area contributed by atoms with Crippen LogP contribution in [0.2, 0.25) is 0 Å². The van der Waals surface area contributed by atoms with Gasteiger partial charge in [-0.05, 0) is 66.6 Å². The second-order valence-electron chi connectivity index (χ2n) is 8.20. The maximum absolute atomic E-state index is 15.1. The molecule has 4 aromatic rings. The van der Waals surface area contributed by atoms with Gasteiger partial charge in [0.15, 0.2) is 16.7 Å². The summed E-state index contributed by atoms with van der Waals surface area (Å²) in [6.07, 6.45) is 2.79. The van der Waals surface area contributed by atoms with Crippen molar-refractivity contribution >= 4 is 51.8 Å². The van der Waals surface area contributed by atoms with E-state index in [1.54, 1.807) is 25.1 Å². The number of methoxy groups -OCH3 is 2. The highest BCUT2D eigenvalue weighted by Crippen LogP contribution is 2.37. The highest BCUT2D eigenvalue weighted by atomic mass is 32.2. The van der Waals surface area contributed by atoms with Crippen LogP contribution in [-0.4, -0.2) is 35.8 Å². The van der Waals surface area contributed by atoms with Crippen molar-refractivity contribution in [1.29, 1.82) is 5.26 Å². The Balaban J connectivity index is 1.68.